The molecule has 2 rings (SSSR count). The molecule has 16 heavy (non-hydrogen) atoms. The molecule has 3 nitrogen and oxygen atoms in total. The van der Waals surface area contributed by atoms with Crippen LogP contribution in [0, 0.1) is 6.92 Å². The molecule has 1 fully saturated rings. The first-order valence-electron chi connectivity index (χ1n) is 6.15. The van der Waals surface area contributed by atoms with Crippen molar-refractivity contribution in [3.8, 4) is 0 Å². The SMILES string of the molecule is Cc1ccc(CN)c(=O)n1C1CCCCC1. The van der Waals surface area contributed by atoms with E-state index in [2.05, 4.69) is 0 Å². The van der Waals surface area contributed by atoms with Crippen LogP contribution in [0.3, 0.4) is 0 Å². The fraction of sp³-hybridized carbons (Fsp3) is 0.615. The topological polar surface area (TPSA) is 48.0 Å². The van der Waals surface area contributed by atoms with Gasteiger partial charge in [0.2, 0.25) is 0 Å². The largest absolute Gasteiger partial charge is 0.326 e. The number of rotatable bonds is 2. The molecule has 0 amide bonds. The van der Waals surface area contributed by atoms with Crippen LogP contribution in [0.15, 0.2) is 16.9 Å². The summed E-state index contributed by atoms with van der Waals surface area (Å²) in [4.78, 5) is 12.2. The number of hydrogen-bond acceptors (Lipinski definition) is 2. The van der Waals surface area contributed by atoms with Crippen molar-refractivity contribution in [1.29, 1.82) is 0 Å². The molecule has 1 aliphatic carbocycles. The second-order valence-electron chi connectivity index (χ2n) is 4.67. The normalized spacial score (nSPS) is 17.6. The Morgan fingerprint density at radius 3 is 2.62 bits per heavy atom. The molecule has 0 radical (unpaired) electrons. The van der Waals surface area contributed by atoms with Crippen molar-refractivity contribution in [3.05, 3.63) is 33.7 Å². The fourth-order valence-corrected chi connectivity index (χ4v) is 2.64. The van der Waals surface area contributed by atoms with E-state index in [0.29, 0.717) is 12.6 Å². The van der Waals surface area contributed by atoms with Gasteiger partial charge in [-0.3, -0.25) is 4.79 Å². The van der Waals surface area contributed by atoms with Gasteiger partial charge in [0.15, 0.2) is 0 Å². The zero-order valence-corrected chi connectivity index (χ0v) is 9.91. The van der Waals surface area contributed by atoms with Gasteiger partial charge in [0.1, 0.15) is 0 Å². The van der Waals surface area contributed by atoms with E-state index in [1.54, 1.807) is 0 Å². The van der Waals surface area contributed by atoms with E-state index >= 15 is 0 Å². The fourth-order valence-electron chi connectivity index (χ4n) is 2.64. The Morgan fingerprint density at radius 2 is 2.00 bits per heavy atom. The highest BCUT2D eigenvalue weighted by Gasteiger charge is 2.18. The van der Waals surface area contributed by atoms with Crippen molar-refractivity contribution in [1.82, 2.24) is 4.57 Å². The maximum atomic E-state index is 12.2. The lowest BCUT2D eigenvalue weighted by Crippen LogP contribution is -2.31. The third-order valence-corrected chi connectivity index (χ3v) is 3.56. The lowest BCUT2D eigenvalue weighted by atomic mass is 9.94. The molecule has 1 saturated carbocycles. The molecule has 0 atom stereocenters. The van der Waals surface area contributed by atoms with Crippen LogP contribution >= 0.6 is 0 Å². The van der Waals surface area contributed by atoms with Gasteiger partial charge in [0.05, 0.1) is 0 Å². The van der Waals surface area contributed by atoms with Crippen LogP contribution in [0.25, 0.3) is 0 Å². The minimum atomic E-state index is 0.120. The molecule has 2 N–H and O–H groups in total. The van der Waals surface area contributed by atoms with Crippen molar-refractivity contribution < 1.29 is 0 Å². The van der Waals surface area contributed by atoms with Crippen molar-refractivity contribution >= 4 is 0 Å². The lowest BCUT2D eigenvalue weighted by Gasteiger charge is -2.26. The van der Waals surface area contributed by atoms with Crippen molar-refractivity contribution in [2.45, 2.75) is 51.6 Å². The smallest absolute Gasteiger partial charge is 0.255 e. The van der Waals surface area contributed by atoms with Gasteiger partial charge in [-0.05, 0) is 25.8 Å². The van der Waals surface area contributed by atoms with E-state index in [1.807, 2.05) is 23.6 Å². The molecule has 0 saturated heterocycles. The Balaban J connectivity index is 2.41. The van der Waals surface area contributed by atoms with Crippen LogP contribution in [-0.4, -0.2) is 4.57 Å². The summed E-state index contributed by atoms with van der Waals surface area (Å²) < 4.78 is 1.96. The summed E-state index contributed by atoms with van der Waals surface area (Å²) in [5, 5.41) is 0. The summed E-state index contributed by atoms with van der Waals surface area (Å²) in [7, 11) is 0. The standard InChI is InChI=1S/C13H20N2O/c1-10-7-8-11(9-14)13(16)15(10)12-5-3-2-4-6-12/h7-8,12H,2-6,9,14H2,1H3. The second kappa shape index (κ2) is 4.83. The van der Waals surface area contributed by atoms with Crippen LogP contribution < -0.4 is 11.3 Å². The molecule has 0 unspecified atom stereocenters. The molecule has 88 valence electrons. The van der Waals surface area contributed by atoms with Crippen LogP contribution in [0.1, 0.15) is 49.4 Å². The Hall–Kier alpha value is -1.09. The highest BCUT2D eigenvalue weighted by molar-refractivity contribution is 5.16. The summed E-state index contributed by atoms with van der Waals surface area (Å²) in [5.41, 5.74) is 7.50. The van der Waals surface area contributed by atoms with E-state index in [4.69, 9.17) is 5.73 Å². The number of hydrogen-bond donors (Lipinski definition) is 1. The Morgan fingerprint density at radius 1 is 1.31 bits per heavy atom. The molecule has 0 aliphatic heterocycles. The Kier molecular flexibility index (Phi) is 3.44. The van der Waals surface area contributed by atoms with Crippen molar-refractivity contribution in [2.24, 2.45) is 5.73 Å². The first kappa shape index (κ1) is 11.4. The average Bonchev–Trinajstić information content (AvgIpc) is 2.31. The lowest BCUT2D eigenvalue weighted by molar-refractivity contribution is 0.340. The molecule has 3 heteroatoms. The summed E-state index contributed by atoms with van der Waals surface area (Å²) in [5.74, 6) is 0. The van der Waals surface area contributed by atoms with E-state index in [9.17, 15) is 4.79 Å². The van der Waals surface area contributed by atoms with Gasteiger partial charge in [-0.25, -0.2) is 0 Å². The van der Waals surface area contributed by atoms with Gasteiger partial charge < -0.3 is 10.3 Å². The maximum Gasteiger partial charge on any atom is 0.255 e. The quantitative estimate of drug-likeness (QED) is 0.830. The molecule has 0 aromatic carbocycles. The molecule has 1 heterocycles. The van der Waals surface area contributed by atoms with Crippen molar-refractivity contribution in [3.63, 3.8) is 0 Å². The van der Waals surface area contributed by atoms with E-state index < -0.39 is 0 Å². The van der Waals surface area contributed by atoms with E-state index in [-0.39, 0.29) is 5.56 Å². The first-order chi connectivity index (χ1) is 7.74. The van der Waals surface area contributed by atoms with Crippen LogP contribution in [0.2, 0.25) is 0 Å². The van der Waals surface area contributed by atoms with Crippen LogP contribution in [0.5, 0.6) is 0 Å². The van der Waals surface area contributed by atoms with Gasteiger partial charge >= 0.3 is 0 Å². The van der Waals surface area contributed by atoms with Gasteiger partial charge in [-0.1, -0.05) is 25.3 Å². The third-order valence-electron chi connectivity index (χ3n) is 3.56. The zero-order valence-electron chi connectivity index (χ0n) is 9.91. The highest BCUT2D eigenvalue weighted by Crippen LogP contribution is 2.27. The van der Waals surface area contributed by atoms with Gasteiger partial charge in [0.25, 0.3) is 5.56 Å². The zero-order chi connectivity index (χ0) is 11.5. The van der Waals surface area contributed by atoms with Crippen molar-refractivity contribution in [2.75, 3.05) is 0 Å². The molecular formula is C13H20N2O. The molecule has 1 aliphatic rings. The van der Waals surface area contributed by atoms with Gasteiger partial charge in [-0.2, -0.15) is 0 Å². The summed E-state index contributed by atoms with van der Waals surface area (Å²) in [6.07, 6.45) is 6.05. The third kappa shape index (κ3) is 2.05. The number of nitrogens with two attached hydrogens (primary N) is 1. The number of pyridine rings is 1. The van der Waals surface area contributed by atoms with Gasteiger partial charge in [-0.15, -0.1) is 0 Å². The van der Waals surface area contributed by atoms with Crippen LogP contribution in [0.4, 0.5) is 0 Å². The first-order valence-corrected chi connectivity index (χ1v) is 6.15. The average molecular weight is 220 g/mol. The Labute approximate surface area is 96.3 Å². The minimum absolute atomic E-state index is 0.120. The highest BCUT2D eigenvalue weighted by atomic mass is 16.1. The molecule has 0 spiro atoms. The summed E-state index contributed by atoms with van der Waals surface area (Å²) >= 11 is 0. The number of aryl methyl sites for hydroxylation is 1. The van der Waals surface area contributed by atoms with E-state index in [1.165, 1.54) is 19.3 Å². The summed E-state index contributed by atoms with van der Waals surface area (Å²) in [6, 6.07) is 4.27. The molecule has 1 aromatic rings. The second-order valence-corrected chi connectivity index (χ2v) is 4.67. The number of aromatic nitrogens is 1. The number of nitrogens with zero attached hydrogens (tertiary/aromatic N) is 1. The monoisotopic (exact) mass is 220 g/mol. The molecule has 1 aromatic heterocycles. The summed E-state index contributed by atoms with van der Waals surface area (Å²) in [6.45, 7) is 2.35. The van der Waals surface area contributed by atoms with Gasteiger partial charge in [0, 0.05) is 23.8 Å². The Bertz CT molecular complexity index is 416. The maximum absolute atomic E-state index is 12.2. The van der Waals surface area contributed by atoms with E-state index in [0.717, 1.165) is 24.1 Å². The predicted octanol–water partition coefficient (Wildman–Crippen LogP) is 2.12. The van der Waals surface area contributed by atoms with Crippen LogP contribution in [-0.2, 0) is 6.54 Å². The molecule has 0 bridgehead atoms. The minimum Gasteiger partial charge on any atom is -0.326 e. The predicted molar refractivity (Wildman–Crippen MR) is 65.5 cm³/mol. The molecular weight excluding hydrogens is 200 g/mol.